The number of amides is 1. The lowest BCUT2D eigenvalue weighted by molar-refractivity contribution is -0.120. The molecule has 0 spiro atoms. The number of halogens is 2. The molecule has 0 saturated heterocycles. The Bertz CT molecular complexity index is 870. The van der Waals surface area contributed by atoms with E-state index in [1.165, 1.54) is 24.6 Å². The van der Waals surface area contributed by atoms with Gasteiger partial charge in [0.25, 0.3) is 0 Å². The summed E-state index contributed by atoms with van der Waals surface area (Å²) in [6.07, 6.45) is 1.01. The molecule has 1 unspecified atom stereocenters. The first-order chi connectivity index (χ1) is 14.4. The molecule has 5 nitrogen and oxygen atoms in total. The van der Waals surface area contributed by atoms with Crippen molar-refractivity contribution in [2.45, 2.75) is 51.3 Å². The molecule has 162 valence electrons. The summed E-state index contributed by atoms with van der Waals surface area (Å²) >= 11 is 0. The van der Waals surface area contributed by atoms with E-state index >= 15 is 0 Å². The number of aliphatic hydroxyl groups is 1. The number of anilines is 1. The Kier molecular flexibility index (Phi) is 7.39. The minimum Gasteiger partial charge on any atom is -0.390 e. The summed E-state index contributed by atoms with van der Waals surface area (Å²) in [7, 11) is 0. The molecule has 3 atom stereocenters. The number of carbonyl (C=O) groups is 1. The Morgan fingerprint density at radius 3 is 2.60 bits per heavy atom. The van der Waals surface area contributed by atoms with E-state index in [2.05, 4.69) is 41.1 Å². The Labute approximate surface area is 175 Å². The lowest BCUT2D eigenvalue weighted by Crippen LogP contribution is -2.48. The molecule has 2 aromatic rings. The van der Waals surface area contributed by atoms with Gasteiger partial charge in [0.1, 0.15) is 11.6 Å². The van der Waals surface area contributed by atoms with Crippen molar-refractivity contribution in [3.05, 3.63) is 64.7 Å². The maximum atomic E-state index is 13.5. The zero-order valence-corrected chi connectivity index (χ0v) is 17.3. The molecular weight excluding hydrogens is 388 g/mol. The van der Waals surface area contributed by atoms with E-state index in [1.807, 2.05) is 0 Å². The van der Waals surface area contributed by atoms with E-state index in [9.17, 15) is 18.7 Å². The van der Waals surface area contributed by atoms with Crippen molar-refractivity contribution in [2.75, 3.05) is 18.4 Å². The van der Waals surface area contributed by atoms with Gasteiger partial charge >= 0.3 is 0 Å². The van der Waals surface area contributed by atoms with Crippen LogP contribution in [0.25, 0.3) is 0 Å². The predicted octanol–water partition coefficient (Wildman–Crippen LogP) is 3.08. The van der Waals surface area contributed by atoms with Crippen molar-refractivity contribution in [1.29, 1.82) is 0 Å². The second kappa shape index (κ2) is 10.00. The van der Waals surface area contributed by atoms with Crippen LogP contribution in [0, 0.1) is 11.6 Å². The van der Waals surface area contributed by atoms with E-state index in [-0.39, 0.29) is 24.9 Å². The third kappa shape index (κ3) is 5.77. The highest BCUT2D eigenvalue weighted by molar-refractivity contribution is 5.73. The zero-order chi connectivity index (χ0) is 21.7. The highest BCUT2D eigenvalue weighted by atomic mass is 19.1. The number of fused-ring (bicyclic) bond motifs is 1. The summed E-state index contributed by atoms with van der Waals surface area (Å²) in [5, 5.41) is 20.3. The third-order valence-electron chi connectivity index (χ3n) is 5.45. The fraction of sp³-hybridized carbons (Fsp3) is 0.435. The SMILES string of the molecule is CCc1ccc2c(c1)C(NC[C@H](O)[C@H](Cc1cc(F)cc(F)c1)NC(C)=O)CCN2. The summed E-state index contributed by atoms with van der Waals surface area (Å²) in [6.45, 7) is 4.53. The summed E-state index contributed by atoms with van der Waals surface area (Å²) in [5.41, 5.74) is 3.87. The van der Waals surface area contributed by atoms with Crippen molar-refractivity contribution < 1.29 is 18.7 Å². The Balaban J connectivity index is 1.69. The zero-order valence-electron chi connectivity index (χ0n) is 17.3. The van der Waals surface area contributed by atoms with E-state index in [0.717, 1.165) is 36.7 Å². The van der Waals surface area contributed by atoms with Crippen molar-refractivity contribution >= 4 is 11.6 Å². The minimum atomic E-state index is -0.923. The second-order valence-electron chi connectivity index (χ2n) is 7.81. The lowest BCUT2D eigenvalue weighted by Gasteiger charge is -2.31. The molecule has 0 aromatic heterocycles. The molecule has 3 rings (SSSR count). The van der Waals surface area contributed by atoms with Crippen LogP contribution in [-0.4, -0.2) is 36.2 Å². The number of hydrogen-bond donors (Lipinski definition) is 4. The van der Waals surface area contributed by atoms with Gasteiger partial charge in [-0.3, -0.25) is 4.79 Å². The minimum absolute atomic E-state index is 0.0759. The lowest BCUT2D eigenvalue weighted by atomic mass is 9.94. The standard InChI is InChI=1S/C23H29F2N3O2/c1-3-15-4-5-20-19(10-15)21(6-7-26-20)27-13-23(30)22(28-14(2)29)11-16-8-17(24)12-18(25)9-16/h4-5,8-10,12,21-23,26-27,30H,3,6-7,11,13H2,1-2H3,(H,28,29)/t21?,22-,23-/m0/s1. The molecule has 7 heteroatoms. The summed E-state index contributed by atoms with van der Waals surface area (Å²) in [4.78, 5) is 11.6. The molecule has 1 heterocycles. The van der Waals surface area contributed by atoms with Crippen LogP contribution >= 0.6 is 0 Å². The van der Waals surface area contributed by atoms with Gasteiger partial charge < -0.3 is 21.1 Å². The predicted molar refractivity (Wildman–Crippen MR) is 113 cm³/mol. The van der Waals surface area contributed by atoms with Crippen LogP contribution < -0.4 is 16.0 Å². The number of aliphatic hydroxyl groups excluding tert-OH is 1. The molecule has 1 aliphatic rings. The molecule has 4 N–H and O–H groups in total. The number of nitrogens with one attached hydrogen (secondary N) is 3. The fourth-order valence-electron chi connectivity index (χ4n) is 3.93. The van der Waals surface area contributed by atoms with Crippen LogP contribution in [0.1, 0.15) is 43.0 Å². The van der Waals surface area contributed by atoms with Gasteiger partial charge in [0.05, 0.1) is 12.1 Å². The normalized spacial score (nSPS) is 17.6. The van der Waals surface area contributed by atoms with Crippen molar-refractivity contribution in [3.63, 3.8) is 0 Å². The number of aryl methyl sites for hydroxylation is 1. The van der Waals surface area contributed by atoms with E-state index in [4.69, 9.17) is 0 Å². The third-order valence-corrected chi connectivity index (χ3v) is 5.45. The number of hydrogen-bond acceptors (Lipinski definition) is 4. The van der Waals surface area contributed by atoms with Crippen LogP contribution in [0.2, 0.25) is 0 Å². The van der Waals surface area contributed by atoms with E-state index in [1.54, 1.807) is 0 Å². The van der Waals surface area contributed by atoms with Crippen molar-refractivity contribution in [3.8, 4) is 0 Å². The van der Waals surface area contributed by atoms with Crippen molar-refractivity contribution in [1.82, 2.24) is 10.6 Å². The fourth-order valence-corrected chi connectivity index (χ4v) is 3.93. The number of benzene rings is 2. The molecule has 0 bridgehead atoms. The first kappa shape index (κ1) is 22.2. The number of rotatable bonds is 8. The smallest absolute Gasteiger partial charge is 0.217 e. The maximum Gasteiger partial charge on any atom is 0.217 e. The average molecular weight is 418 g/mol. The van der Waals surface area contributed by atoms with Crippen molar-refractivity contribution in [2.24, 2.45) is 0 Å². The molecule has 0 radical (unpaired) electrons. The van der Waals surface area contributed by atoms with Crippen LogP contribution in [0.15, 0.2) is 36.4 Å². The maximum absolute atomic E-state index is 13.5. The largest absolute Gasteiger partial charge is 0.390 e. The first-order valence-corrected chi connectivity index (χ1v) is 10.4. The molecule has 0 fully saturated rings. The monoisotopic (exact) mass is 417 g/mol. The molecule has 1 aliphatic heterocycles. The van der Waals surface area contributed by atoms with Gasteiger partial charge in [-0.2, -0.15) is 0 Å². The van der Waals surface area contributed by atoms with Gasteiger partial charge in [-0.05, 0) is 54.2 Å². The highest BCUT2D eigenvalue weighted by Gasteiger charge is 2.25. The van der Waals surface area contributed by atoms with Gasteiger partial charge in [-0.1, -0.05) is 19.1 Å². The summed E-state index contributed by atoms with van der Waals surface area (Å²) in [6, 6.07) is 9.00. The quantitative estimate of drug-likeness (QED) is 0.533. The average Bonchev–Trinajstić information content (AvgIpc) is 2.70. The topological polar surface area (TPSA) is 73.4 Å². The number of carbonyl (C=O) groups excluding carboxylic acids is 1. The van der Waals surface area contributed by atoms with E-state index < -0.39 is 23.8 Å². The van der Waals surface area contributed by atoms with E-state index in [0.29, 0.717) is 5.56 Å². The summed E-state index contributed by atoms with van der Waals surface area (Å²) in [5.74, 6) is -1.68. The molecule has 30 heavy (non-hydrogen) atoms. The molecule has 0 saturated carbocycles. The van der Waals surface area contributed by atoms with Gasteiger partial charge in [0, 0.05) is 37.8 Å². The van der Waals surface area contributed by atoms with Gasteiger partial charge in [-0.25, -0.2) is 8.78 Å². The van der Waals surface area contributed by atoms with Crippen LogP contribution in [0.5, 0.6) is 0 Å². The Morgan fingerprint density at radius 1 is 1.20 bits per heavy atom. The molecule has 2 aromatic carbocycles. The second-order valence-corrected chi connectivity index (χ2v) is 7.81. The van der Waals surface area contributed by atoms with Gasteiger partial charge in [-0.15, -0.1) is 0 Å². The molecular formula is C23H29F2N3O2. The highest BCUT2D eigenvalue weighted by Crippen LogP contribution is 2.30. The Hall–Kier alpha value is -2.51. The van der Waals surface area contributed by atoms with Gasteiger partial charge in [0.2, 0.25) is 5.91 Å². The summed E-state index contributed by atoms with van der Waals surface area (Å²) < 4.78 is 27.1. The van der Waals surface area contributed by atoms with Crippen LogP contribution in [0.3, 0.4) is 0 Å². The van der Waals surface area contributed by atoms with Crippen LogP contribution in [0.4, 0.5) is 14.5 Å². The molecule has 1 amide bonds. The Morgan fingerprint density at radius 2 is 1.93 bits per heavy atom. The first-order valence-electron chi connectivity index (χ1n) is 10.4. The molecule has 0 aliphatic carbocycles. The van der Waals surface area contributed by atoms with Gasteiger partial charge in [0.15, 0.2) is 0 Å². The van der Waals surface area contributed by atoms with Crippen LogP contribution in [-0.2, 0) is 17.6 Å².